The molecule has 0 unspecified atom stereocenters. The van der Waals surface area contributed by atoms with Gasteiger partial charge in [0, 0.05) is 25.9 Å². The van der Waals surface area contributed by atoms with Crippen molar-refractivity contribution in [3.63, 3.8) is 0 Å². The molecule has 22 heavy (non-hydrogen) atoms. The van der Waals surface area contributed by atoms with Crippen LogP contribution in [-0.4, -0.2) is 35.9 Å². The highest BCUT2D eigenvalue weighted by Crippen LogP contribution is 2.21. The lowest BCUT2D eigenvalue weighted by Crippen LogP contribution is -2.27. The van der Waals surface area contributed by atoms with E-state index in [2.05, 4.69) is 10.4 Å². The van der Waals surface area contributed by atoms with Crippen LogP contribution < -0.4 is 10.1 Å². The first-order chi connectivity index (χ1) is 10.6. The Morgan fingerprint density at radius 1 is 1.45 bits per heavy atom. The maximum absolute atomic E-state index is 13.0. The highest BCUT2D eigenvalue weighted by molar-refractivity contribution is 6.30. The molecule has 6 nitrogen and oxygen atoms in total. The van der Waals surface area contributed by atoms with E-state index < -0.39 is 5.82 Å². The summed E-state index contributed by atoms with van der Waals surface area (Å²) < 4.78 is 24.7. The number of hydrogen-bond acceptors (Lipinski definition) is 4. The molecule has 0 atom stereocenters. The fourth-order valence-electron chi connectivity index (χ4n) is 1.62. The molecule has 2 aromatic rings. The van der Waals surface area contributed by atoms with Gasteiger partial charge in [-0.05, 0) is 18.2 Å². The minimum absolute atomic E-state index is 0.0174. The molecule has 0 aliphatic heterocycles. The number of halogens is 2. The summed E-state index contributed by atoms with van der Waals surface area (Å²) in [5.74, 6) is -0.392. The molecule has 0 aliphatic rings. The largest absolute Gasteiger partial charge is 0.471 e. The summed E-state index contributed by atoms with van der Waals surface area (Å²) in [6.45, 7) is 0.918. The highest BCUT2D eigenvalue weighted by Gasteiger charge is 2.09. The standard InChI is InChI=1S/C14H15ClFN3O3/c1-21-7-5-17-14(20)13-4-6-19(18-13)9-22-10-2-3-12(16)11(15)8-10/h2-4,6,8H,5,7,9H2,1H3,(H,17,20). The quantitative estimate of drug-likeness (QED) is 0.791. The number of rotatable bonds is 7. The van der Waals surface area contributed by atoms with Crippen molar-refractivity contribution in [3.8, 4) is 5.75 Å². The number of amides is 1. The van der Waals surface area contributed by atoms with Gasteiger partial charge >= 0.3 is 0 Å². The molecule has 1 amide bonds. The number of aromatic nitrogens is 2. The van der Waals surface area contributed by atoms with Gasteiger partial charge in [0.05, 0.1) is 11.6 Å². The number of benzene rings is 1. The van der Waals surface area contributed by atoms with Gasteiger partial charge in [0.15, 0.2) is 6.73 Å². The summed E-state index contributed by atoms with van der Waals surface area (Å²) in [5, 5.41) is 6.72. The first-order valence-corrected chi connectivity index (χ1v) is 6.86. The van der Waals surface area contributed by atoms with Crippen LogP contribution in [0, 0.1) is 5.82 Å². The van der Waals surface area contributed by atoms with E-state index in [4.69, 9.17) is 21.1 Å². The fraction of sp³-hybridized carbons (Fsp3) is 0.286. The summed E-state index contributed by atoms with van der Waals surface area (Å²) in [6, 6.07) is 5.63. The van der Waals surface area contributed by atoms with Crippen molar-refractivity contribution >= 4 is 17.5 Å². The van der Waals surface area contributed by atoms with E-state index in [0.717, 1.165) is 0 Å². The second-order valence-corrected chi connectivity index (χ2v) is 4.75. The predicted molar refractivity (Wildman–Crippen MR) is 78.5 cm³/mol. The molecule has 0 spiro atoms. The minimum atomic E-state index is -0.511. The van der Waals surface area contributed by atoms with E-state index in [1.54, 1.807) is 19.4 Å². The summed E-state index contributed by atoms with van der Waals surface area (Å²) in [5.41, 5.74) is 0.275. The number of carbonyl (C=O) groups is 1. The van der Waals surface area contributed by atoms with E-state index >= 15 is 0 Å². The zero-order chi connectivity index (χ0) is 15.9. The maximum atomic E-state index is 13.0. The lowest BCUT2D eigenvalue weighted by atomic mass is 10.3. The highest BCUT2D eigenvalue weighted by atomic mass is 35.5. The molecule has 1 heterocycles. The van der Waals surface area contributed by atoms with Crippen LogP contribution in [-0.2, 0) is 11.5 Å². The van der Waals surface area contributed by atoms with Crippen LogP contribution >= 0.6 is 11.6 Å². The maximum Gasteiger partial charge on any atom is 0.271 e. The zero-order valence-electron chi connectivity index (χ0n) is 11.9. The SMILES string of the molecule is COCCNC(=O)c1ccn(COc2ccc(F)c(Cl)c2)n1. The van der Waals surface area contributed by atoms with Gasteiger partial charge in [0.1, 0.15) is 17.3 Å². The molecule has 0 aliphatic carbocycles. The van der Waals surface area contributed by atoms with Crippen LogP contribution in [0.4, 0.5) is 4.39 Å². The van der Waals surface area contributed by atoms with Crippen molar-refractivity contribution in [1.29, 1.82) is 0 Å². The predicted octanol–water partition coefficient (Wildman–Crippen LogP) is 2.09. The van der Waals surface area contributed by atoms with Crippen LogP contribution in [0.2, 0.25) is 5.02 Å². The molecule has 8 heteroatoms. The Bertz CT molecular complexity index is 648. The van der Waals surface area contributed by atoms with E-state index in [-0.39, 0.29) is 23.4 Å². The third-order valence-corrected chi connectivity index (χ3v) is 3.01. The summed E-state index contributed by atoms with van der Waals surface area (Å²) >= 11 is 5.66. The molecular formula is C14H15ClFN3O3. The zero-order valence-corrected chi connectivity index (χ0v) is 12.6. The topological polar surface area (TPSA) is 65.4 Å². The Kier molecular flexibility index (Phi) is 5.74. The number of nitrogens with zero attached hydrogens (tertiary/aromatic N) is 2. The van der Waals surface area contributed by atoms with E-state index in [9.17, 15) is 9.18 Å². The Morgan fingerprint density at radius 3 is 3.00 bits per heavy atom. The lowest BCUT2D eigenvalue weighted by molar-refractivity contribution is 0.0930. The van der Waals surface area contributed by atoms with Gasteiger partial charge < -0.3 is 14.8 Å². The van der Waals surface area contributed by atoms with E-state index in [1.165, 1.54) is 22.9 Å². The molecule has 118 valence electrons. The normalized spacial score (nSPS) is 10.5. The number of hydrogen-bond donors (Lipinski definition) is 1. The van der Waals surface area contributed by atoms with Crippen molar-refractivity contribution < 1.29 is 18.7 Å². The van der Waals surface area contributed by atoms with Crippen LogP contribution in [0.15, 0.2) is 30.5 Å². The van der Waals surface area contributed by atoms with Crippen molar-refractivity contribution in [2.45, 2.75) is 6.73 Å². The monoisotopic (exact) mass is 327 g/mol. The molecule has 1 aromatic carbocycles. The molecule has 1 aromatic heterocycles. The second kappa shape index (κ2) is 7.77. The summed E-state index contributed by atoms with van der Waals surface area (Å²) in [7, 11) is 1.56. The van der Waals surface area contributed by atoms with Crippen LogP contribution in [0.1, 0.15) is 10.5 Å². The van der Waals surface area contributed by atoms with Gasteiger partial charge in [-0.15, -0.1) is 0 Å². The third-order valence-electron chi connectivity index (χ3n) is 2.72. The molecule has 1 N–H and O–H groups in total. The number of nitrogens with one attached hydrogen (secondary N) is 1. The minimum Gasteiger partial charge on any atom is -0.471 e. The summed E-state index contributed by atoms with van der Waals surface area (Å²) in [4.78, 5) is 11.7. The average molecular weight is 328 g/mol. The Morgan fingerprint density at radius 2 is 2.27 bits per heavy atom. The Hall–Kier alpha value is -2.12. The first kappa shape index (κ1) is 16.3. The fourth-order valence-corrected chi connectivity index (χ4v) is 1.79. The van der Waals surface area contributed by atoms with Crippen LogP contribution in [0.5, 0.6) is 5.75 Å². The van der Waals surface area contributed by atoms with Crippen molar-refractivity contribution in [1.82, 2.24) is 15.1 Å². The first-order valence-electron chi connectivity index (χ1n) is 6.48. The van der Waals surface area contributed by atoms with Crippen molar-refractivity contribution in [3.05, 3.63) is 47.0 Å². The van der Waals surface area contributed by atoms with Gasteiger partial charge in [-0.1, -0.05) is 11.6 Å². The van der Waals surface area contributed by atoms with Crippen molar-refractivity contribution in [2.24, 2.45) is 0 Å². The smallest absolute Gasteiger partial charge is 0.271 e. The van der Waals surface area contributed by atoms with Gasteiger partial charge in [0.2, 0.25) is 0 Å². The molecular weight excluding hydrogens is 313 g/mol. The third kappa shape index (κ3) is 4.44. The number of ether oxygens (including phenoxy) is 2. The molecule has 0 bridgehead atoms. The molecule has 2 rings (SSSR count). The van der Waals surface area contributed by atoms with Crippen molar-refractivity contribution in [2.75, 3.05) is 20.3 Å². The lowest BCUT2D eigenvalue weighted by Gasteiger charge is -2.06. The van der Waals surface area contributed by atoms with Gasteiger partial charge in [-0.2, -0.15) is 5.10 Å². The second-order valence-electron chi connectivity index (χ2n) is 4.34. The van der Waals surface area contributed by atoms with Gasteiger partial charge in [-0.3, -0.25) is 4.79 Å². The Balaban J connectivity index is 1.88. The van der Waals surface area contributed by atoms with E-state index in [0.29, 0.717) is 18.9 Å². The number of carbonyl (C=O) groups excluding carboxylic acids is 1. The molecule has 0 saturated carbocycles. The van der Waals surface area contributed by atoms with Gasteiger partial charge in [-0.25, -0.2) is 9.07 Å². The van der Waals surface area contributed by atoms with Gasteiger partial charge in [0.25, 0.3) is 5.91 Å². The average Bonchev–Trinajstić information content (AvgIpc) is 2.98. The molecule has 0 fully saturated rings. The molecule has 0 saturated heterocycles. The van der Waals surface area contributed by atoms with Crippen LogP contribution in [0.3, 0.4) is 0 Å². The van der Waals surface area contributed by atoms with E-state index in [1.807, 2.05) is 0 Å². The van der Waals surface area contributed by atoms with Crippen LogP contribution in [0.25, 0.3) is 0 Å². The Labute approximate surface area is 131 Å². The molecule has 0 radical (unpaired) electrons. The number of methoxy groups -OCH3 is 1. The summed E-state index contributed by atoms with van der Waals surface area (Å²) in [6.07, 6.45) is 1.61.